The quantitative estimate of drug-likeness (QED) is 0.136. The van der Waals surface area contributed by atoms with Crippen molar-refractivity contribution in [2.75, 3.05) is 6.61 Å². The van der Waals surface area contributed by atoms with Gasteiger partial charge >= 0.3 is 0 Å². The number of amides is 1. The van der Waals surface area contributed by atoms with Crippen LogP contribution in [0.4, 0.5) is 0 Å². The zero-order valence-corrected chi connectivity index (χ0v) is 20.0. The molecule has 0 heterocycles. The zero-order valence-electron chi connectivity index (χ0n) is 20.0. The van der Waals surface area contributed by atoms with Gasteiger partial charge in [0.15, 0.2) is 0 Å². The van der Waals surface area contributed by atoms with E-state index in [9.17, 15) is 25.2 Å². The molecule has 6 heteroatoms. The molecule has 1 amide bonds. The molecular weight excluding hydrogens is 394 g/mol. The summed E-state index contributed by atoms with van der Waals surface area (Å²) in [5, 5.41) is 42.5. The van der Waals surface area contributed by atoms with Gasteiger partial charge in [0.1, 0.15) is 12.2 Å². The molecule has 0 aliphatic carbocycles. The van der Waals surface area contributed by atoms with E-state index in [2.05, 4.69) is 25.2 Å². The third-order valence-corrected chi connectivity index (χ3v) is 5.73. The lowest BCUT2D eigenvalue weighted by Crippen LogP contribution is -2.53. The van der Waals surface area contributed by atoms with Gasteiger partial charge in [0.25, 0.3) is 0 Å². The summed E-state index contributed by atoms with van der Waals surface area (Å²) < 4.78 is 0. The van der Waals surface area contributed by atoms with Crippen LogP contribution in [0.15, 0.2) is 12.2 Å². The molecule has 0 aliphatic heterocycles. The molecule has 0 bridgehead atoms. The van der Waals surface area contributed by atoms with Gasteiger partial charge in [-0.15, -0.1) is 0 Å². The molecule has 184 valence electrons. The van der Waals surface area contributed by atoms with Crippen LogP contribution in [-0.4, -0.2) is 57.3 Å². The lowest BCUT2D eigenvalue weighted by Gasteiger charge is -2.27. The Morgan fingerprint density at radius 1 is 0.774 bits per heavy atom. The number of aliphatic hydroxyl groups is 4. The van der Waals surface area contributed by atoms with E-state index in [1.54, 1.807) is 0 Å². The fourth-order valence-corrected chi connectivity index (χ4v) is 3.58. The average molecular weight is 444 g/mol. The summed E-state index contributed by atoms with van der Waals surface area (Å²) in [6.45, 7) is 3.87. The highest BCUT2D eigenvalue weighted by atomic mass is 16.3. The minimum Gasteiger partial charge on any atom is -0.394 e. The minimum absolute atomic E-state index is 0.284. The summed E-state index contributed by atoms with van der Waals surface area (Å²) in [5.74, 6) is -0.627. The largest absolute Gasteiger partial charge is 0.394 e. The molecule has 4 atom stereocenters. The summed E-state index contributed by atoms with van der Waals surface area (Å²) in [7, 11) is 0. The summed E-state index contributed by atoms with van der Waals surface area (Å²) in [6, 6.07) is -0.990. The minimum atomic E-state index is -1.26. The Balaban J connectivity index is 4.11. The predicted octanol–water partition coefficient (Wildman–Crippen LogP) is 3.99. The molecule has 5 N–H and O–H groups in total. The fourth-order valence-electron chi connectivity index (χ4n) is 3.58. The number of nitrogens with one attached hydrogen (secondary N) is 1. The van der Waals surface area contributed by atoms with Crippen molar-refractivity contribution in [3.8, 4) is 0 Å². The smallest absolute Gasteiger partial charge is 0.249 e. The molecule has 0 saturated heterocycles. The molecule has 0 aromatic heterocycles. The van der Waals surface area contributed by atoms with Crippen molar-refractivity contribution in [2.45, 2.75) is 135 Å². The number of carbonyl (C=O) groups is 1. The third kappa shape index (κ3) is 16.4. The lowest BCUT2D eigenvalue weighted by atomic mass is 9.99. The molecule has 0 saturated carbocycles. The normalized spacial score (nSPS) is 15.7. The first-order valence-corrected chi connectivity index (χ1v) is 12.6. The topological polar surface area (TPSA) is 110 Å². The van der Waals surface area contributed by atoms with E-state index in [1.807, 2.05) is 6.08 Å². The SMILES string of the molecule is CCCCCC/C=C\CCC(O)C(=O)NC(CO)C(O)C(O)CCCCCCCCC. The lowest BCUT2D eigenvalue weighted by molar-refractivity contribution is -0.132. The van der Waals surface area contributed by atoms with Gasteiger partial charge < -0.3 is 25.7 Å². The Labute approximate surface area is 190 Å². The molecular formula is C25H49NO5. The highest BCUT2D eigenvalue weighted by molar-refractivity contribution is 5.80. The van der Waals surface area contributed by atoms with Crippen LogP contribution in [0.2, 0.25) is 0 Å². The Morgan fingerprint density at radius 2 is 1.32 bits per heavy atom. The van der Waals surface area contributed by atoms with E-state index in [0.717, 1.165) is 32.1 Å². The van der Waals surface area contributed by atoms with E-state index in [4.69, 9.17) is 0 Å². The van der Waals surface area contributed by atoms with Crippen LogP contribution in [0.5, 0.6) is 0 Å². The first-order chi connectivity index (χ1) is 15.0. The van der Waals surface area contributed by atoms with Gasteiger partial charge in [-0.3, -0.25) is 4.79 Å². The third-order valence-electron chi connectivity index (χ3n) is 5.73. The van der Waals surface area contributed by atoms with Crippen molar-refractivity contribution < 1.29 is 25.2 Å². The summed E-state index contributed by atoms with van der Waals surface area (Å²) in [5.41, 5.74) is 0. The fraction of sp³-hybridized carbons (Fsp3) is 0.880. The van der Waals surface area contributed by atoms with Gasteiger partial charge in [0.05, 0.1) is 18.8 Å². The molecule has 0 aromatic carbocycles. The van der Waals surface area contributed by atoms with Crippen LogP contribution in [0.25, 0.3) is 0 Å². The van der Waals surface area contributed by atoms with Crippen molar-refractivity contribution in [2.24, 2.45) is 0 Å². The predicted molar refractivity (Wildman–Crippen MR) is 127 cm³/mol. The van der Waals surface area contributed by atoms with Gasteiger partial charge in [-0.1, -0.05) is 90.2 Å². The average Bonchev–Trinajstić information content (AvgIpc) is 2.77. The summed E-state index contributed by atoms with van der Waals surface area (Å²) in [6.07, 6.45) is 15.5. The van der Waals surface area contributed by atoms with E-state index in [1.165, 1.54) is 44.9 Å². The number of carbonyl (C=O) groups excluding carboxylic acids is 1. The highest BCUT2D eigenvalue weighted by Crippen LogP contribution is 2.13. The number of allylic oxidation sites excluding steroid dienone is 2. The molecule has 0 radical (unpaired) electrons. The van der Waals surface area contributed by atoms with E-state index in [-0.39, 0.29) is 6.42 Å². The number of hydrogen-bond donors (Lipinski definition) is 5. The highest BCUT2D eigenvalue weighted by Gasteiger charge is 2.28. The molecule has 0 fully saturated rings. The van der Waals surface area contributed by atoms with Crippen molar-refractivity contribution in [3.63, 3.8) is 0 Å². The van der Waals surface area contributed by atoms with Gasteiger partial charge in [-0.2, -0.15) is 0 Å². The second-order valence-corrected chi connectivity index (χ2v) is 8.68. The zero-order chi connectivity index (χ0) is 23.3. The maximum atomic E-state index is 12.2. The van der Waals surface area contributed by atoms with Crippen molar-refractivity contribution in [1.29, 1.82) is 0 Å². The summed E-state index contributed by atoms with van der Waals surface area (Å²) in [4.78, 5) is 12.2. The number of unbranched alkanes of at least 4 members (excludes halogenated alkanes) is 10. The van der Waals surface area contributed by atoms with Gasteiger partial charge in [-0.05, 0) is 32.1 Å². The molecule has 6 nitrogen and oxygen atoms in total. The Morgan fingerprint density at radius 3 is 1.94 bits per heavy atom. The maximum Gasteiger partial charge on any atom is 0.249 e. The number of aliphatic hydroxyl groups excluding tert-OH is 4. The van der Waals surface area contributed by atoms with Gasteiger partial charge in [0.2, 0.25) is 5.91 Å². The van der Waals surface area contributed by atoms with Gasteiger partial charge in [-0.25, -0.2) is 0 Å². The van der Waals surface area contributed by atoms with Crippen LogP contribution in [0, 0.1) is 0 Å². The standard InChI is InChI=1S/C25H49NO5/c1-3-5-7-9-11-13-15-17-19-23(29)25(31)26-21(20-27)24(30)22(28)18-16-14-12-10-8-6-4-2/h13,15,21-24,27-30H,3-12,14,16-20H2,1-2H3,(H,26,31)/b15-13-. The van der Waals surface area contributed by atoms with E-state index >= 15 is 0 Å². The van der Waals surface area contributed by atoms with Crippen LogP contribution in [0.1, 0.15) is 110 Å². The van der Waals surface area contributed by atoms with Crippen molar-refractivity contribution >= 4 is 5.91 Å². The van der Waals surface area contributed by atoms with Gasteiger partial charge in [0, 0.05) is 0 Å². The maximum absolute atomic E-state index is 12.2. The molecule has 0 aromatic rings. The molecule has 0 rings (SSSR count). The van der Waals surface area contributed by atoms with E-state index < -0.39 is 36.9 Å². The first kappa shape index (κ1) is 30.0. The second-order valence-electron chi connectivity index (χ2n) is 8.68. The summed E-state index contributed by atoms with van der Waals surface area (Å²) >= 11 is 0. The van der Waals surface area contributed by atoms with Crippen LogP contribution >= 0.6 is 0 Å². The van der Waals surface area contributed by atoms with Crippen LogP contribution < -0.4 is 5.32 Å². The number of hydrogen-bond acceptors (Lipinski definition) is 5. The molecule has 4 unspecified atom stereocenters. The molecule has 0 spiro atoms. The van der Waals surface area contributed by atoms with Crippen LogP contribution in [0.3, 0.4) is 0 Å². The van der Waals surface area contributed by atoms with Crippen molar-refractivity contribution in [3.05, 3.63) is 12.2 Å². The van der Waals surface area contributed by atoms with Crippen molar-refractivity contribution in [1.82, 2.24) is 5.32 Å². The Bertz CT molecular complexity index is 444. The van der Waals surface area contributed by atoms with Crippen LogP contribution in [-0.2, 0) is 4.79 Å². The Hall–Kier alpha value is -0.950. The second kappa shape index (κ2) is 20.9. The Kier molecular flexibility index (Phi) is 20.3. The monoisotopic (exact) mass is 443 g/mol. The first-order valence-electron chi connectivity index (χ1n) is 12.6. The molecule has 0 aliphatic rings. The molecule has 31 heavy (non-hydrogen) atoms. The number of rotatable bonds is 21. The van der Waals surface area contributed by atoms with E-state index in [0.29, 0.717) is 12.8 Å².